The largest absolute Gasteiger partial charge is 0.454 e. The zero-order chi connectivity index (χ0) is 18.9. The van der Waals surface area contributed by atoms with E-state index in [1.165, 1.54) is 0 Å². The number of hydrogen-bond acceptors (Lipinski definition) is 7. The van der Waals surface area contributed by atoms with Crippen LogP contribution in [0.15, 0.2) is 46.3 Å². The molecule has 1 saturated heterocycles. The van der Waals surface area contributed by atoms with Gasteiger partial charge in [-0.1, -0.05) is 17.3 Å². The Hall–Kier alpha value is -3.13. The van der Waals surface area contributed by atoms with Gasteiger partial charge in [0, 0.05) is 25.1 Å². The molecule has 1 amide bonds. The molecular weight excluding hydrogens is 378 g/mol. The van der Waals surface area contributed by atoms with Crippen LogP contribution in [0, 0.1) is 0 Å². The van der Waals surface area contributed by atoms with Crippen molar-refractivity contribution in [2.45, 2.75) is 12.3 Å². The molecule has 1 atom stereocenters. The van der Waals surface area contributed by atoms with Crippen LogP contribution in [0.1, 0.15) is 23.7 Å². The fourth-order valence-corrected chi connectivity index (χ4v) is 4.01. The molecule has 0 N–H and O–H groups in total. The molecule has 8 heteroatoms. The fraction of sp³-hybridized carbons (Fsp3) is 0.250. The Balaban J connectivity index is 1.23. The van der Waals surface area contributed by atoms with Crippen molar-refractivity contribution in [3.63, 3.8) is 0 Å². The lowest BCUT2D eigenvalue weighted by atomic mass is 10.1. The van der Waals surface area contributed by atoms with E-state index in [9.17, 15) is 4.79 Å². The van der Waals surface area contributed by atoms with Gasteiger partial charge in [-0.05, 0) is 41.6 Å². The highest BCUT2D eigenvalue weighted by Gasteiger charge is 2.30. The molecule has 0 radical (unpaired) electrons. The van der Waals surface area contributed by atoms with Gasteiger partial charge in [-0.2, -0.15) is 4.98 Å². The summed E-state index contributed by atoms with van der Waals surface area (Å²) in [5, 5.41) is 6.09. The van der Waals surface area contributed by atoms with Crippen molar-refractivity contribution in [2.24, 2.45) is 0 Å². The van der Waals surface area contributed by atoms with Crippen LogP contribution in [0.5, 0.6) is 11.5 Å². The van der Waals surface area contributed by atoms with E-state index >= 15 is 0 Å². The summed E-state index contributed by atoms with van der Waals surface area (Å²) in [6.45, 7) is 1.51. The van der Waals surface area contributed by atoms with Gasteiger partial charge in [0.15, 0.2) is 17.3 Å². The number of carbonyl (C=O) groups is 1. The summed E-state index contributed by atoms with van der Waals surface area (Å²) < 4.78 is 16.0. The zero-order valence-corrected chi connectivity index (χ0v) is 15.7. The van der Waals surface area contributed by atoms with E-state index in [0.717, 1.165) is 22.6 Å². The van der Waals surface area contributed by atoms with Crippen molar-refractivity contribution in [1.82, 2.24) is 15.0 Å². The van der Waals surface area contributed by atoms with Gasteiger partial charge in [-0.3, -0.25) is 4.79 Å². The normalized spacial score (nSPS) is 18.3. The molecule has 0 spiro atoms. The van der Waals surface area contributed by atoms with Crippen molar-refractivity contribution >= 4 is 23.3 Å². The van der Waals surface area contributed by atoms with E-state index in [2.05, 4.69) is 10.1 Å². The van der Waals surface area contributed by atoms with E-state index in [-0.39, 0.29) is 18.6 Å². The predicted molar refractivity (Wildman–Crippen MR) is 103 cm³/mol. The van der Waals surface area contributed by atoms with Gasteiger partial charge in [0.2, 0.25) is 12.7 Å². The van der Waals surface area contributed by atoms with Crippen LogP contribution >= 0.6 is 11.3 Å². The maximum Gasteiger partial charge on any atom is 0.267 e. The van der Waals surface area contributed by atoms with E-state index in [0.29, 0.717) is 30.6 Å². The first kappa shape index (κ1) is 17.0. The third kappa shape index (κ3) is 3.27. The monoisotopic (exact) mass is 395 g/mol. The number of aromatic nitrogens is 2. The Labute approximate surface area is 165 Å². The fourth-order valence-electron chi connectivity index (χ4n) is 3.36. The number of likely N-dealkylation sites (tertiary alicyclic amines) is 1. The number of benzene rings is 1. The van der Waals surface area contributed by atoms with Crippen LogP contribution < -0.4 is 9.47 Å². The van der Waals surface area contributed by atoms with Crippen LogP contribution in [0.2, 0.25) is 0 Å². The first-order chi connectivity index (χ1) is 13.8. The smallest absolute Gasteiger partial charge is 0.267 e. The SMILES string of the molecule is O=C(/C=C\c1ccc2c(c1)OCO2)N1CCC(c2noc(-c3cccs3)n2)C1. The standard InChI is InChI=1S/C20H17N3O4S/c24-18(6-4-13-3-5-15-16(10-13)26-12-25-15)23-8-7-14(11-23)19-21-20(27-22-19)17-2-1-9-28-17/h1-6,9-10,14H,7-8,11-12H2/b6-4-. The molecule has 2 aliphatic heterocycles. The van der Waals surface area contributed by atoms with E-state index in [1.807, 2.05) is 40.6 Å². The highest BCUT2D eigenvalue weighted by Crippen LogP contribution is 2.33. The molecule has 1 unspecified atom stereocenters. The summed E-state index contributed by atoms with van der Waals surface area (Å²) in [4.78, 5) is 19.8. The molecule has 0 bridgehead atoms. The van der Waals surface area contributed by atoms with Gasteiger partial charge >= 0.3 is 0 Å². The average molecular weight is 395 g/mol. The summed E-state index contributed by atoms with van der Waals surface area (Å²) >= 11 is 1.56. The van der Waals surface area contributed by atoms with E-state index in [4.69, 9.17) is 14.0 Å². The Kier molecular flexibility index (Phi) is 4.32. The molecule has 28 heavy (non-hydrogen) atoms. The molecule has 0 saturated carbocycles. The quantitative estimate of drug-likeness (QED) is 0.629. The molecular formula is C20H17N3O4S. The van der Waals surface area contributed by atoms with Gasteiger partial charge in [0.05, 0.1) is 4.88 Å². The number of ether oxygens (including phenoxy) is 2. The number of nitrogens with zero attached hydrogens (tertiary/aromatic N) is 3. The van der Waals surface area contributed by atoms with Crippen molar-refractivity contribution in [2.75, 3.05) is 19.9 Å². The third-order valence-electron chi connectivity index (χ3n) is 4.85. The first-order valence-corrected chi connectivity index (χ1v) is 9.88. The topological polar surface area (TPSA) is 77.7 Å². The molecule has 3 aromatic rings. The second kappa shape index (κ2) is 7.12. The summed E-state index contributed by atoms with van der Waals surface area (Å²) in [5.41, 5.74) is 0.895. The van der Waals surface area contributed by atoms with Crippen LogP contribution in [0.3, 0.4) is 0 Å². The second-order valence-corrected chi connectivity index (χ2v) is 7.60. The number of thiophene rings is 1. The number of carbonyl (C=O) groups excluding carboxylic acids is 1. The van der Waals surface area contributed by atoms with Crippen molar-refractivity contribution < 1.29 is 18.8 Å². The van der Waals surface area contributed by atoms with Crippen molar-refractivity contribution in [3.8, 4) is 22.3 Å². The molecule has 142 valence electrons. The number of fused-ring (bicyclic) bond motifs is 1. The van der Waals surface area contributed by atoms with Gasteiger partial charge in [0.25, 0.3) is 5.89 Å². The summed E-state index contributed by atoms with van der Waals surface area (Å²) in [5.74, 6) is 2.71. The Morgan fingerprint density at radius 3 is 3.07 bits per heavy atom. The van der Waals surface area contributed by atoms with Gasteiger partial charge in [-0.25, -0.2) is 0 Å². The lowest BCUT2D eigenvalue weighted by Crippen LogP contribution is -2.26. The minimum absolute atomic E-state index is 0.0258. The van der Waals surface area contributed by atoms with Crippen LogP contribution in [0.25, 0.3) is 16.8 Å². The number of amides is 1. The van der Waals surface area contributed by atoms with Crippen molar-refractivity contribution in [1.29, 1.82) is 0 Å². The highest BCUT2D eigenvalue weighted by atomic mass is 32.1. The lowest BCUT2D eigenvalue weighted by molar-refractivity contribution is -0.124. The minimum Gasteiger partial charge on any atom is -0.454 e. The zero-order valence-electron chi connectivity index (χ0n) is 14.9. The molecule has 0 aliphatic carbocycles. The van der Waals surface area contributed by atoms with Crippen LogP contribution in [-0.4, -0.2) is 40.8 Å². The molecule has 1 fully saturated rings. The van der Waals surface area contributed by atoms with Gasteiger partial charge < -0.3 is 18.9 Å². The van der Waals surface area contributed by atoms with Crippen LogP contribution in [-0.2, 0) is 4.79 Å². The third-order valence-corrected chi connectivity index (χ3v) is 5.71. The van der Waals surface area contributed by atoms with Crippen molar-refractivity contribution in [3.05, 3.63) is 53.2 Å². The summed E-state index contributed by atoms with van der Waals surface area (Å²) in [6, 6.07) is 9.51. The van der Waals surface area contributed by atoms with Gasteiger partial charge in [-0.15, -0.1) is 11.3 Å². The highest BCUT2D eigenvalue weighted by molar-refractivity contribution is 7.13. The minimum atomic E-state index is -0.0258. The molecule has 2 aromatic heterocycles. The number of rotatable bonds is 4. The average Bonchev–Trinajstić information content (AvgIpc) is 3.50. The molecule has 2 aliphatic rings. The van der Waals surface area contributed by atoms with E-state index in [1.54, 1.807) is 23.5 Å². The summed E-state index contributed by atoms with van der Waals surface area (Å²) in [6.07, 6.45) is 4.21. The molecule has 4 heterocycles. The molecule has 1 aromatic carbocycles. The predicted octanol–water partition coefficient (Wildman–Crippen LogP) is 3.56. The lowest BCUT2D eigenvalue weighted by Gasteiger charge is -2.13. The first-order valence-electron chi connectivity index (χ1n) is 9.00. The Bertz CT molecular complexity index is 1030. The summed E-state index contributed by atoms with van der Waals surface area (Å²) in [7, 11) is 0. The van der Waals surface area contributed by atoms with Crippen LogP contribution in [0.4, 0.5) is 0 Å². The second-order valence-electron chi connectivity index (χ2n) is 6.65. The molecule has 5 rings (SSSR count). The molecule has 7 nitrogen and oxygen atoms in total. The Morgan fingerprint density at radius 2 is 2.18 bits per heavy atom. The maximum absolute atomic E-state index is 12.5. The Morgan fingerprint density at radius 1 is 1.25 bits per heavy atom. The van der Waals surface area contributed by atoms with Gasteiger partial charge in [0.1, 0.15) is 0 Å². The maximum atomic E-state index is 12.5. The number of hydrogen-bond donors (Lipinski definition) is 0. The van der Waals surface area contributed by atoms with E-state index < -0.39 is 0 Å².